The van der Waals surface area contributed by atoms with Gasteiger partial charge in [-0.2, -0.15) is 0 Å². The van der Waals surface area contributed by atoms with E-state index in [0.717, 1.165) is 23.6 Å². The Morgan fingerprint density at radius 2 is 1.72 bits per heavy atom. The van der Waals surface area contributed by atoms with Crippen LogP contribution in [0, 0.1) is 11.8 Å². The molecular formula is C22H28ClN3O3. The number of nitrogens with one attached hydrogen (secondary N) is 1. The maximum atomic E-state index is 12.6. The van der Waals surface area contributed by atoms with Crippen LogP contribution >= 0.6 is 11.6 Å². The molecule has 1 N–H and O–H groups in total. The second kappa shape index (κ2) is 9.55. The summed E-state index contributed by atoms with van der Waals surface area (Å²) in [4.78, 5) is 41.0. The molecule has 3 unspecified atom stereocenters. The molecule has 1 aliphatic carbocycles. The summed E-state index contributed by atoms with van der Waals surface area (Å²) >= 11 is 6.40. The zero-order valence-corrected chi connectivity index (χ0v) is 17.7. The SMILES string of the molecule is CCN(CC)C(CNC(=O)CN1C(=O)C2CC=CCC2C1=O)c1ccccc1Cl. The lowest BCUT2D eigenvalue weighted by atomic mass is 9.85. The van der Waals surface area contributed by atoms with Gasteiger partial charge in [0.2, 0.25) is 17.7 Å². The Morgan fingerprint density at radius 1 is 1.14 bits per heavy atom. The molecular weight excluding hydrogens is 390 g/mol. The van der Waals surface area contributed by atoms with Crippen LogP contribution in [0.3, 0.4) is 0 Å². The highest BCUT2D eigenvalue weighted by molar-refractivity contribution is 6.31. The van der Waals surface area contributed by atoms with Gasteiger partial charge in [-0.1, -0.05) is 55.8 Å². The number of carbonyl (C=O) groups excluding carboxylic acids is 3. The number of benzene rings is 1. The van der Waals surface area contributed by atoms with E-state index in [-0.39, 0.29) is 42.1 Å². The molecule has 1 heterocycles. The number of imide groups is 1. The van der Waals surface area contributed by atoms with E-state index in [1.54, 1.807) is 0 Å². The van der Waals surface area contributed by atoms with Crippen LogP contribution in [0.5, 0.6) is 0 Å². The van der Waals surface area contributed by atoms with Crippen molar-refractivity contribution in [1.82, 2.24) is 15.1 Å². The highest BCUT2D eigenvalue weighted by atomic mass is 35.5. The maximum absolute atomic E-state index is 12.6. The number of allylic oxidation sites excluding steroid dienone is 2. The van der Waals surface area contributed by atoms with E-state index in [4.69, 9.17) is 11.6 Å². The summed E-state index contributed by atoms with van der Waals surface area (Å²) < 4.78 is 0. The standard InChI is InChI=1S/C22H28ClN3O3/c1-3-25(4-2)19(17-11-7-8-12-18(17)23)13-24-20(27)14-26-21(28)15-9-5-6-10-16(15)22(26)29/h5-8,11-12,15-16,19H,3-4,9-10,13-14H2,1-2H3,(H,24,27). The zero-order valence-electron chi connectivity index (χ0n) is 16.9. The lowest BCUT2D eigenvalue weighted by Gasteiger charge is -2.31. The molecule has 1 aliphatic heterocycles. The van der Waals surface area contributed by atoms with Crippen molar-refractivity contribution in [2.24, 2.45) is 11.8 Å². The van der Waals surface area contributed by atoms with Crippen molar-refractivity contribution in [2.45, 2.75) is 32.7 Å². The average molecular weight is 418 g/mol. The van der Waals surface area contributed by atoms with Crippen LogP contribution in [-0.4, -0.2) is 53.7 Å². The van der Waals surface area contributed by atoms with Gasteiger partial charge in [-0.15, -0.1) is 0 Å². The molecule has 0 saturated carbocycles. The normalized spacial score (nSPS) is 22.1. The summed E-state index contributed by atoms with van der Waals surface area (Å²) in [6.07, 6.45) is 5.02. The van der Waals surface area contributed by atoms with Gasteiger partial charge < -0.3 is 5.32 Å². The van der Waals surface area contributed by atoms with Gasteiger partial charge in [0.15, 0.2) is 0 Å². The summed E-state index contributed by atoms with van der Waals surface area (Å²) in [5.74, 6) is -1.42. The Kier molecular flexibility index (Phi) is 7.09. The molecule has 3 atom stereocenters. The Morgan fingerprint density at radius 3 is 2.28 bits per heavy atom. The Bertz CT molecular complexity index is 780. The topological polar surface area (TPSA) is 69.7 Å². The van der Waals surface area contributed by atoms with E-state index < -0.39 is 0 Å². The number of carbonyl (C=O) groups is 3. The van der Waals surface area contributed by atoms with Crippen LogP contribution in [0.2, 0.25) is 5.02 Å². The first-order valence-corrected chi connectivity index (χ1v) is 10.6. The van der Waals surface area contributed by atoms with E-state index in [9.17, 15) is 14.4 Å². The molecule has 2 aliphatic rings. The Labute approximate surface area is 176 Å². The number of likely N-dealkylation sites (tertiary alicyclic amines) is 1. The third-order valence-electron chi connectivity index (χ3n) is 5.91. The summed E-state index contributed by atoms with van der Waals surface area (Å²) in [6.45, 7) is 5.87. The fourth-order valence-electron chi connectivity index (χ4n) is 4.28. The van der Waals surface area contributed by atoms with Crippen molar-refractivity contribution < 1.29 is 14.4 Å². The van der Waals surface area contributed by atoms with Gasteiger partial charge in [-0.3, -0.25) is 24.2 Å². The quantitative estimate of drug-likeness (QED) is 0.521. The molecule has 29 heavy (non-hydrogen) atoms. The summed E-state index contributed by atoms with van der Waals surface area (Å²) in [5.41, 5.74) is 0.948. The van der Waals surface area contributed by atoms with E-state index in [0.29, 0.717) is 24.4 Å². The van der Waals surface area contributed by atoms with Crippen LogP contribution in [0.25, 0.3) is 0 Å². The first-order valence-electron chi connectivity index (χ1n) is 10.2. The van der Waals surface area contributed by atoms with E-state index >= 15 is 0 Å². The van der Waals surface area contributed by atoms with Gasteiger partial charge in [0.1, 0.15) is 6.54 Å². The Balaban J connectivity index is 1.65. The number of hydrogen-bond acceptors (Lipinski definition) is 4. The molecule has 1 aromatic rings. The molecule has 0 bridgehead atoms. The Hall–Kier alpha value is -2.18. The number of amides is 3. The molecule has 156 valence electrons. The number of hydrogen-bond donors (Lipinski definition) is 1. The van der Waals surface area contributed by atoms with E-state index in [1.165, 1.54) is 0 Å². The lowest BCUT2D eigenvalue weighted by molar-refractivity contribution is -0.143. The molecule has 3 amide bonds. The van der Waals surface area contributed by atoms with Crippen LogP contribution < -0.4 is 5.32 Å². The fraction of sp³-hybridized carbons (Fsp3) is 0.500. The molecule has 1 fully saturated rings. The first kappa shape index (κ1) is 21.5. The number of fused-ring (bicyclic) bond motifs is 1. The van der Waals surface area contributed by atoms with Gasteiger partial charge in [0.25, 0.3) is 0 Å². The van der Waals surface area contributed by atoms with Crippen molar-refractivity contribution in [1.29, 1.82) is 0 Å². The molecule has 3 rings (SSSR count). The monoisotopic (exact) mass is 417 g/mol. The molecule has 0 aromatic heterocycles. The third kappa shape index (κ3) is 4.54. The van der Waals surface area contributed by atoms with Crippen molar-refractivity contribution in [2.75, 3.05) is 26.2 Å². The van der Waals surface area contributed by atoms with Crippen LogP contribution in [-0.2, 0) is 14.4 Å². The molecule has 0 spiro atoms. The van der Waals surface area contributed by atoms with Crippen molar-refractivity contribution in [3.63, 3.8) is 0 Å². The number of likely N-dealkylation sites (N-methyl/N-ethyl adjacent to an activating group) is 1. The van der Waals surface area contributed by atoms with Gasteiger partial charge in [0.05, 0.1) is 17.9 Å². The number of nitrogens with zero attached hydrogens (tertiary/aromatic N) is 2. The molecule has 7 heteroatoms. The van der Waals surface area contributed by atoms with Gasteiger partial charge in [0, 0.05) is 11.6 Å². The van der Waals surface area contributed by atoms with Crippen molar-refractivity contribution in [3.05, 3.63) is 47.0 Å². The highest BCUT2D eigenvalue weighted by Gasteiger charge is 2.47. The van der Waals surface area contributed by atoms with Gasteiger partial charge in [-0.25, -0.2) is 0 Å². The average Bonchev–Trinajstić information content (AvgIpc) is 2.97. The van der Waals surface area contributed by atoms with Crippen molar-refractivity contribution >= 4 is 29.3 Å². The summed E-state index contributed by atoms with van der Waals surface area (Å²) in [6, 6.07) is 7.52. The second-order valence-corrected chi connectivity index (χ2v) is 7.89. The summed E-state index contributed by atoms with van der Waals surface area (Å²) in [5, 5.41) is 3.56. The second-order valence-electron chi connectivity index (χ2n) is 7.48. The van der Waals surface area contributed by atoms with Crippen LogP contribution in [0.1, 0.15) is 38.3 Å². The number of rotatable bonds is 8. The first-order chi connectivity index (χ1) is 14.0. The minimum Gasteiger partial charge on any atom is -0.353 e. The van der Waals surface area contributed by atoms with Gasteiger partial charge in [-0.05, 0) is 37.6 Å². The molecule has 0 radical (unpaired) electrons. The molecule has 1 saturated heterocycles. The van der Waals surface area contributed by atoms with Gasteiger partial charge >= 0.3 is 0 Å². The van der Waals surface area contributed by atoms with E-state index in [2.05, 4.69) is 24.1 Å². The molecule has 6 nitrogen and oxygen atoms in total. The maximum Gasteiger partial charge on any atom is 0.240 e. The predicted octanol–water partition coefficient (Wildman–Crippen LogP) is 2.79. The third-order valence-corrected chi connectivity index (χ3v) is 6.25. The van der Waals surface area contributed by atoms with Crippen molar-refractivity contribution in [3.8, 4) is 0 Å². The van der Waals surface area contributed by atoms with Crippen LogP contribution in [0.15, 0.2) is 36.4 Å². The number of halogens is 1. The minimum atomic E-state index is -0.331. The largest absolute Gasteiger partial charge is 0.353 e. The van der Waals surface area contributed by atoms with Crippen LogP contribution in [0.4, 0.5) is 0 Å². The smallest absolute Gasteiger partial charge is 0.240 e. The molecule has 1 aromatic carbocycles. The highest BCUT2D eigenvalue weighted by Crippen LogP contribution is 2.34. The minimum absolute atomic E-state index is 0.0839. The van der Waals surface area contributed by atoms with E-state index in [1.807, 2.05) is 36.4 Å². The predicted molar refractivity (Wildman–Crippen MR) is 112 cm³/mol. The fourth-order valence-corrected chi connectivity index (χ4v) is 4.54. The zero-order chi connectivity index (χ0) is 21.0. The lowest BCUT2D eigenvalue weighted by Crippen LogP contribution is -2.44. The summed E-state index contributed by atoms with van der Waals surface area (Å²) in [7, 11) is 0.